The lowest BCUT2D eigenvalue weighted by Crippen LogP contribution is -2.11. The van der Waals surface area contributed by atoms with Crippen molar-refractivity contribution in [3.8, 4) is 0 Å². The molecular formula is C12H13NO2S. The molecule has 84 valence electrons. The predicted molar refractivity (Wildman–Crippen MR) is 65.5 cm³/mol. The van der Waals surface area contributed by atoms with Crippen molar-refractivity contribution in [1.82, 2.24) is 0 Å². The molecule has 0 saturated carbocycles. The number of esters is 1. The number of hydrogen-bond acceptors (Lipinski definition) is 4. The number of para-hydroxylation sites is 1. The number of benzene rings is 1. The highest BCUT2D eigenvalue weighted by Gasteiger charge is 2.13. The predicted octanol–water partition coefficient (Wildman–Crippen LogP) is 2.65. The van der Waals surface area contributed by atoms with Crippen LogP contribution in [0.15, 0.2) is 40.9 Å². The van der Waals surface area contributed by atoms with E-state index in [1.54, 1.807) is 18.7 Å². The van der Waals surface area contributed by atoms with Gasteiger partial charge in [-0.2, -0.15) is 0 Å². The highest BCUT2D eigenvalue weighted by molar-refractivity contribution is 7.99. The number of nitrogens with one attached hydrogen (secondary N) is 1. The Labute approximate surface area is 98.9 Å². The van der Waals surface area contributed by atoms with E-state index >= 15 is 0 Å². The van der Waals surface area contributed by atoms with Crippen molar-refractivity contribution in [1.29, 1.82) is 0 Å². The summed E-state index contributed by atoms with van der Waals surface area (Å²) in [4.78, 5) is 12.5. The maximum absolute atomic E-state index is 11.3. The average molecular weight is 235 g/mol. The summed E-state index contributed by atoms with van der Waals surface area (Å²) in [5, 5.41) is 3.23. The maximum atomic E-state index is 11.3. The summed E-state index contributed by atoms with van der Waals surface area (Å²) in [7, 11) is 0. The van der Waals surface area contributed by atoms with Crippen LogP contribution in [0.5, 0.6) is 0 Å². The van der Waals surface area contributed by atoms with Crippen LogP contribution in [0.3, 0.4) is 0 Å². The molecule has 0 bridgehead atoms. The topological polar surface area (TPSA) is 38.3 Å². The molecule has 2 rings (SSSR count). The molecule has 0 atom stereocenters. The third-order valence-electron chi connectivity index (χ3n) is 2.14. The van der Waals surface area contributed by atoms with Crippen molar-refractivity contribution in [3.05, 3.63) is 36.0 Å². The second kappa shape index (κ2) is 5.07. The molecule has 1 aromatic carbocycles. The van der Waals surface area contributed by atoms with Crippen molar-refractivity contribution in [2.45, 2.75) is 11.8 Å². The molecule has 1 heterocycles. The first-order chi connectivity index (χ1) is 7.79. The van der Waals surface area contributed by atoms with Crippen molar-refractivity contribution >= 4 is 23.4 Å². The number of ether oxygens (including phenoxy) is 1. The Balaban J connectivity index is 2.10. The van der Waals surface area contributed by atoms with Gasteiger partial charge in [0.1, 0.15) is 0 Å². The van der Waals surface area contributed by atoms with Crippen LogP contribution in [0.4, 0.5) is 5.69 Å². The quantitative estimate of drug-likeness (QED) is 0.631. The van der Waals surface area contributed by atoms with Gasteiger partial charge in [0.25, 0.3) is 0 Å². The zero-order valence-electron chi connectivity index (χ0n) is 9.03. The molecule has 1 aliphatic heterocycles. The summed E-state index contributed by atoms with van der Waals surface area (Å²) in [6.07, 6.45) is 1.52. The minimum absolute atomic E-state index is 0.287. The molecule has 0 amide bonds. The summed E-state index contributed by atoms with van der Waals surface area (Å²) < 4.78 is 4.87. The van der Waals surface area contributed by atoms with E-state index in [1.807, 2.05) is 18.2 Å². The smallest absolute Gasteiger partial charge is 0.332 e. The van der Waals surface area contributed by atoms with E-state index in [0.717, 1.165) is 17.1 Å². The Morgan fingerprint density at radius 1 is 1.56 bits per heavy atom. The average Bonchev–Trinajstić information content (AvgIpc) is 2.29. The highest BCUT2D eigenvalue weighted by atomic mass is 32.2. The van der Waals surface area contributed by atoms with E-state index in [4.69, 9.17) is 4.74 Å². The van der Waals surface area contributed by atoms with Gasteiger partial charge in [-0.1, -0.05) is 12.1 Å². The molecular weight excluding hydrogens is 222 g/mol. The van der Waals surface area contributed by atoms with E-state index < -0.39 is 0 Å². The number of fused-ring (bicyclic) bond motifs is 1. The number of anilines is 1. The summed E-state index contributed by atoms with van der Waals surface area (Å²) in [6, 6.07) is 8.04. The minimum Gasteiger partial charge on any atom is -0.463 e. The second-order valence-corrected chi connectivity index (χ2v) is 4.35. The van der Waals surface area contributed by atoms with E-state index in [-0.39, 0.29) is 5.97 Å². The molecule has 0 spiro atoms. The van der Waals surface area contributed by atoms with Gasteiger partial charge < -0.3 is 10.1 Å². The first-order valence-corrected chi connectivity index (χ1v) is 6.14. The van der Waals surface area contributed by atoms with Gasteiger partial charge >= 0.3 is 5.97 Å². The van der Waals surface area contributed by atoms with Gasteiger partial charge in [0.2, 0.25) is 0 Å². The molecule has 0 radical (unpaired) electrons. The summed E-state index contributed by atoms with van der Waals surface area (Å²) >= 11 is 1.72. The fraction of sp³-hybridized carbons (Fsp3) is 0.250. The Hall–Kier alpha value is -1.42. The Morgan fingerprint density at radius 3 is 3.19 bits per heavy atom. The number of thioether (sulfide) groups is 1. The third kappa shape index (κ3) is 2.58. The van der Waals surface area contributed by atoms with Crippen molar-refractivity contribution in [2.24, 2.45) is 0 Å². The Kier molecular flexibility index (Phi) is 3.51. The minimum atomic E-state index is -0.287. The van der Waals surface area contributed by atoms with Gasteiger partial charge in [-0.3, -0.25) is 0 Å². The van der Waals surface area contributed by atoms with Crippen molar-refractivity contribution in [3.63, 3.8) is 0 Å². The monoisotopic (exact) mass is 235 g/mol. The zero-order chi connectivity index (χ0) is 11.4. The molecule has 0 unspecified atom stereocenters. The number of rotatable bonds is 2. The largest absolute Gasteiger partial charge is 0.463 e. The van der Waals surface area contributed by atoms with Crippen LogP contribution >= 0.6 is 11.8 Å². The lowest BCUT2D eigenvalue weighted by atomic mass is 10.3. The first-order valence-electron chi connectivity index (χ1n) is 5.16. The standard InChI is InChI=1S/C12H13NO2S/c1-2-15-12(14)7-9-8-16-11-6-4-3-5-10(11)13-9/h3-7,13H,2,8H2,1H3. The van der Waals surface area contributed by atoms with Crippen LogP contribution in [0, 0.1) is 0 Å². The molecule has 0 aromatic heterocycles. The first kappa shape index (κ1) is 11.1. The van der Waals surface area contributed by atoms with Gasteiger partial charge in [0, 0.05) is 22.4 Å². The molecule has 16 heavy (non-hydrogen) atoms. The van der Waals surface area contributed by atoms with Crippen molar-refractivity contribution < 1.29 is 9.53 Å². The molecule has 0 aliphatic carbocycles. The van der Waals surface area contributed by atoms with Crippen molar-refractivity contribution in [2.75, 3.05) is 17.7 Å². The molecule has 1 aromatic rings. The second-order valence-electron chi connectivity index (χ2n) is 3.33. The van der Waals surface area contributed by atoms with Crippen LogP contribution in [0.25, 0.3) is 0 Å². The van der Waals surface area contributed by atoms with Crippen LogP contribution in [0.1, 0.15) is 6.92 Å². The number of hydrogen-bond donors (Lipinski definition) is 1. The van der Waals surface area contributed by atoms with E-state index in [2.05, 4.69) is 11.4 Å². The SMILES string of the molecule is CCOC(=O)C=C1CSc2ccccc2N1. The summed E-state index contributed by atoms with van der Waals surface area (Å²) in [6.45, 7) is 2.21. The number of carbonyl (C=O) groups is 1. The highest BCUT2D eigenvalue weighted by Crippen LogP contribution is 2.33. The lowest BCUT2D eigenvalue weighted by molar-refractivity contribution is -0.137. The molecule has 1 aliphatic rings. The molecule has 4 heteroatoms. The van der Waals surface area contributed by atoms with Crippen LogP contribution in [-0.4, -0.2) is 18.3 Å². The van der Waals surface area contributed by atoms with E-state index in [0.29, 0.717) is 6.61 Å². The number of carbonyl (C=O) groups excluding carboxylic acids is 1. The molecule has 1 N–H and O–H groups in total. The zero-order valence-corrected chi connectivity index (χ0v) is 9.84. The van der Waals surface area contributed by atoms with Gasteiger partial charge in [-0.25, -0.2) is 4.79 Å². The molecule has 0 fully saturated rings. The van der Waals surface area contributed by atoms with Crippen LogP contribution < -0.4 is 5.32 Å². The van der Waals surface area contributed by atoms with Gasteiger partial charge in [-0.05, 0) is 19.1 Å². The van der Waals surface area contributed by atoms with E-state index in [9.17, 15) is 4.79 Å². The van der Waals surface area contributed by atoms with Gasteiger partial charge in [0.05, 0.1) is 12.3 Å². The summed E-state index contributed by atoms with van der Waals surface area (Å²) in [5.74, 6) is 0.487. The molecule has 3 nitrogen and oxygen atoms in total. The summed E-state index contributed by atoms with van der Waals surface area (Å²) in [5.41, 5.74) is 1.94. The van der Waals surface area contributed by atoms with Gasteiger partial charge in [-0.15, -0.1) is 11.8 Å². The normalized spacial score (nSPS) is 16.4. The van der Waals surface area contributed by atoms with Crippen LogP contribution in [0.2, 0.25) is 0 Å². The Bertz CT molecular complexity index is 429. The van der Waals surface area contributed by atoms with E-state index in [1.165, 1.54) is 11.0 Å². The van der Waals surface area contributed by atoms with Gasteiger partial charge in [0.15, 0.2) is 0 Å². The Morgan fingerprint density at radius 2 is 2.38 bits per heavy atom. The lowest BCUT2D eigenvalue weighted by Gasteiger charge is -2.19. The molecule has 0 saturated heterocycles. The third-order valence-corrected chi connectivity index (χ3v) is 3.27. The fourth-order valence-corrected chi connectivity index (χ4v) is 2.38. The fourth-order valence-electron chi connectivity index (χ4n) is 1.46. The van der Waals surface area contributed by atoms with Crippen LogP contribution in [-0.2, 0) is 9.53 Å². The maximum Gasteiger partial charge on any atom is 0.332 e.